The molecule has 1 aromatic heterocycles. The van der Waals surface area contributed by atoms with Crippen molar-refractivity contribution in [1.82, 2.24) is 9.78 Å². The molecule has 0 aliphatic heterocycles. The fourth-order valence-corrected chi connectivity index (χ4v) is 3.79. The number of ketones is 1. The molecule has 1 N–H and O–H groups in total. The lowest BCUT2D eigenvalue weighted by atomic mass is 10.00. The maximum absolute atomic E-state index is 13.2. The third kappa shape index (κ3) is 3.04. The fraction of sp³-hybridized carbons (Fsp3) is 0. The van der Waals surface area contributed by atoms with Gasteiger partial charge in [-0.15, -0.1) is 0 Å². The van der Waals surface area contributed by atoms with Crippen LogP contribution in [-0.4, -0.2) is 21.5 Å². The van der Waals surface area contributed by atoms with Crippen LogP contribution in [0.25, 0.3) is 27.3 Å². The Hall–Kier alpha value is -4.68. The van der Waals surface area contributed by atoms with Gasteiger partial charge < -0.3 is 5.32 Å². The number of rotatable bonds is 4. The minimum absolute atomic E-state index is 0.272. The van der Waals surface area contributed by atoms with E-state index in [0.29, 0.717) is 39.3 Å². The van der Waals surface area contributed by atoms with Crippen LogP contribution in [0.15, 0.2) is 84.2 Å². The number of nitrogens with one attached hydrogen (secondary N) is 1. The molecule has 4 aromatic rings. The summed E-state index contributed by atoms with van der Waals surface area (Å²) < 4.78 is 1.66. The average Bonchev–Trinajstić information content (AvgIpc) is 3.42. The summed E-state index contributed by atoms with van der Waals surface area (Å²) in [6.07, 6.45) is 3.44. The van der Waals surface area contributed by atoms with Crippen molar-refractivity contribution >= 4 is 23.1 Å². The van der Waals surface area contributed by atoms with Crippen molar-refractivity contribution in [2.75, 3.05) is 5.32 Å². The van der Waals surface area contributed by atoms with Crippen molar-refractivity contribution in [3.05, 3.63) is 106 Å². The second-order valence-electron chi connectivity index (χ2n) is 6.90. The number of aromatic nitrogens is 2. The maximum atomic E-state index is 13.2. The fourth-order valence-electron chi connectivity index (χ4n) is 3.79. The number of anilines is 1. The molecule has 8 heteroatoms. The lowest BCUT2D eigenvalue weighted by Gasteiger charge is -2.12. The molecule has 1 heterocycles. The van der Waals surface area contributed by atoms with Crippen LogP contribution in [0.5, 0.6) is 0 Å². The van der Waals surface area contributed by atoms with Crippen LogP contribution in [0.4, 0.5) is 11.4 Å². The zero-order valence-corrected chi connectivity index (χ0v) is 16.1. The van der Waals surface area contributed by atoms with Crippen LogP contribution in [0, 0.1) is 0 Å². The van der Waals surface area contributed by atoms with Gasteiger partial charge in [-0.05, 0) is 47.0 Å². The molecular weight excluding hydrogens is 392 g/mol. The maximum Gasteiger partial charge on any atom is 0.256 e. The number of carbonyl (C=O) groups is 2. The van der Waals surface area contributed by atoms with E-state index in [1.54, 1.807) is 65.6 Å². The smallest absolute Gasteiger partial charge is 0.256 e. The number of hydrogen-bond acceptors (Lipinski definition) is 4. The van der Waals surface area contributed by atoms with Gasteiger partial charge in [0.2, 0.25) is 0 Å². The lowest BCUT2D eigenvalue weighted by molar-refractivity contribution is 0.0999. The number of amides is 1. The van der Waals surface area contributed by atoms with Gasteiger partial charge in [-0.1, -0.05) is 41.5 Å². The Labute approximate surface area is 176 Å². The van der Waals surface area contributed by atoms with Gasteiger partial charge >= 0.3 is 0 Å². The Morgan fingerprint density at radius 1 is 1.00 bits per heavy atom. The van der Waals surface area contributed by atoms with Crippen LogP contribution in [-0.2, 0) is 0 Å². The molecule has 5 rings (SSSR count). The molecule has 1 aliphatic carbocycles. The summed E-state index contributed by atoms with van der Waals surface area (Å²) in [7, 11) is 0. The first-order chi connectivity index (χ1) is 15.2. The monoisotopic (exact) mass is 406 g/mol. The van der Waals surface area contributed by atoms with E-state index in [-0.39, 0.29) is 11.3 Å². The van der Waals surface area contributed by atoms with E-state index >= 15 is 0 Å². The number of azide groups is 1. The van der Waals surface area contributed by atoms with Crippen LogP contribution in [0.1, 0.15) is 26.3 Å². The second-order valence-corrected chi connectivity index (χ2v) is 6.90. The van der Waals surface area contributed by atoms with Crippen LogP contribution >= 0.6 is 0 Å². The van der Waals surface area contributed by atoms with Gasteiger partial charge in [0.25, 0.3) is 5.91 Å². The zero-order chi connectivity index (χ0) is 21.4. The molecule has 0 bridgehead atoms. The quantitative estimate of drug-likeness (QED) is 0.249. The Balaban J connectivity index is 1.54. The van der Waals surface area contributed by atoms with Crippen molar-refractivity contribution < 1.29 is 9.59 Å². The van der Waals surface area contributed by atoms with Gasteiger partial charge in [0.05, 0.1) is 16.9 Å². The van der Waals surface area contributed by atoms with Crippen molar-refractivity contribution in [3.63, 3.8) is 0 Å². The molecule has 148 valence electrons. The van der Waals surface area contributed by atoms with E-state index in [1.165, 1.54) is 0 Å². The van der Waals surface area contributed by atoms with Gasteiger partial charge in [-0.2, -0.15) is 5.10 Å². The number of carbonyl (C=O) groups excluding carboxylic acids is 2. The molecule has 3 aromatic carbocycles. The average molecular weight is 406 g/mol. The second kappa shape index (κ2) is 7.29. The van der Waals surface area contributed by atoms with Gasteiger partial charge in [-0.25, -0.2) is 4.68 Å². The topological polar surface area (TPSA) is 113 Å². The summed E-state index contributed by atoms with van der Waals surface area (Å²) in [5.74, 6) is -0.668. The highest BCUT2D eigenvalue weighted by atomic mass is 16.2. The lowest BCUT2D eigenvalue weighted by Crippen LogP contribution is -2.17. The summed E-state index contributed by atoms with van der Waals surface area (Å²) >= 11 is 0. The van der Waals surface area contributed by atoms with E-state index in [2.05, 4.69) is 20.4 Å². The van der Waals surface area contributed by atoms with Gasteiger partial charge in [0.1, 0.15) is 0 Å². The summed E-state index contributed by atoms with van der Waals surface area (Å²) in [6, 6.07) is 19.2. The van der Waals surface area contributed by atoms with E-state index < -0.39 is 5.91 Å². The highest BCUT2D eigenvalue weighted by Gasteiger charge is 2.31. The SMILES string of the molecule is [N-]=[N+]=Nc1ccc2c(c1)C(=O)c1c(C(=O)Nc3ccccc3-n3cccn3)cccc1-2. The first kappa shape index (κ1) is 18.4. The number of hydrogen-bond donors (Lipinski definition) is 1. The Kier molecular flexibility index (Phi) is 4.32. The number of fused-ring (bicyclic) bond motifs is 3. The predicted molar refractivity (Wildman–Crippen MR) is 116 cm³/mol. The highest BCUT2D eigenvalue weighted by molar-refractivity contribution is 6.27. The molecule has 1 aliphatic rings. The minimum Gasteiger partial charge on any atom is -0.320 e. The van der Waals surface area contributed by atoms with E-state index in [1.807, 2.05) is 18.2 Å². The number of nitrogens with zero attached hydrogens (tertiary/aromatic N) is 5. The van der Waals surface area contributed by atoms with Crippen molar-refractivity contribution in [2.24, 2.45) is 5.11 Å². The predicted octanol–water partition coefficient (Wildman–Crippen LogP) is 5.28. The summed E-state index contributed by atoms with van der Waals surface area (Å²) in [5.41, 5.74) is 12.7. The van der Waals surface area contributed by atoms with Gasteiger partial charge in [0.15, 0.2) is 5.78 Å². The molecule has 0 radical (unpaired) electrons. The number of benzene rings is 3. The van der Waals surface area contributed by atoms with Crippen molar-refractivity contribution in [2.45, 2.75) is 0 Å². The molecular formula is C23H14N6O2. The summed E-state index contributed by atoms with van der Waals surface area (Å²) in [4.78, 5) is 29.1. The largest absolute Gasteiger partial charge is 0.320 e. The summed E-state index contributed by atoms with van der Waals surface area (Å²) in [6.45, 7) is 0. The molecule has 8 nitrogen and oxygen atoms in total. The van der Waals surface area contributed by atoms with Crippen LogP contribution < -0.4 is 5.32 Å². The van der Waals surface area contributed by atoms with Crippen LogP contribution in [0.2, 0.25) is 0 Å². The standard InChI is InChI=1S/C23H14N6O2/c24-28-27-14-9-10-15-16-5-3-6-17(21(16)22(30)18(15)13-14)23(31)26-19-7-1-2-8-20(19)29-12-4-11-25-29/h1-13H,(H,26,31). The Bertz CT molecular complexity index is 1400. The molecule has 31 heavy (non-hydrogen) atoms. The van der Waals surface area contributed by atoms with E-state index in [4.69, 9.17) is 5.53 Å². The molecule has 0 unspecified atom stereocenters. The number of para-hydroxylation sites is 2. The Morgan fingerprint density at radius 3 is 2.68 bits per heavy atom. The highest BCUT2D eigenvalue weighted by Crippen LogP contribution is 2.40. The van der Waals surface area contributed by atoms with Gasteiger partial charge in [0, 0.05) is 34.1 Å². The van der Waals surface area contributed by atoms with Crippen LogP contribution in [0.3, 0.4) is 0 Å². The third-order valence-electron chi connectivity index (χ3n) is 5.14. The van der Waals surface area contributed by atoms with E-state index in [0.717, 1.165) is 0 Å². The third-order valence-corrected chi connectivity index (χ3v) is 5.14. The van der Waals surface area contributed by atoms with Crippen molar-refractivity contribution in [3.8, 4) is 16.8 Å². The first-order valence-electron chi connectivity index (χ1n) is 9.45. The molecule has 0 atom stereocenters. The summed E-state index contributed by atoms with van der Waals surface area (Å²) in [5, 5.41) is 10.7. The molecule has 1 amide bonds. The van der Waals surface area contributed by atoms with E-state index in [9.17, 15) is 9.59 Å². The first-order valence-corrected chi connectivity index (χ1v) is 9.45. The van der Waals surface area contributed by atoms with Gasteiger partial charge in [-0.3, -0.25) is 9.59 Å². The van der Waals surface area contributed by atoms with Crippen molar-refractivity contribution in [1.29, 1.82) is 0 Å². The zero-order valence-electron chi connectivity index (χ0n) is 16.1. The normalized spacial score (nSPS) is 11.4. The Morgan fingerprint density at radius 2 is 1.87 bits per heavy atom. The minimum atomic E-state index is -0.395. The molecule has 0 fully saturated rings. The molecule has 0 saturated carbocycles. The molecule has 0 saturated heterocycles. The molecule has 0 spiro atoms.